The van der Waals surface area contributed by atoms with Gasteiger partial charge in [-0.1, -0.05) is 0 Å². The van der Waals surface area contributed by atoms with E-state index in [9.17, 15) is 14.7 Å². The van der Waals surface area contributed by atoms with Gasteiger partial charge >= 0.3 is 6.09 Å². The van der Waals surface area contributed by atoms with Crippen molar-refractivity contribution in [2.45, 2.75) is 63.9 Å². The van der Waals surface area contributed by atoms with Gasteiger partial charge in [0.25, 0.3) is 0 Å². The molecule has 2 bridgehead atoms. The van der Waals surface area contributed by atoms with Crippen LogP contribution in [0.2, 0.25) is 0 Å². The highest BCUT2D eigenvalue weighted by molar-refractivity contribution is 9.10. The van der Waals surface area contributed by atoms with Gasteiger partial charge in [0.15, 0.2) is 5.82 Å². The summed E-state index contributed by atoms with van der Waals surface area (Å²) in [6.45, 7) is 6.62. The Hall–Kier alpha value is -2.96. The molecule has 4 saturated heterocycles. The molecule has 1 saturated carbocycles. The number of aromatic nitrogens is 2. The van der Waals surface area contributed by atoms with Crippen molar-refractivity contribution >= 4 is 49.7 Å². The SMILES string of the molecule is Cc1cc2c(nc(O[C@@H](C)[C@@H]3CCCN3C)c3cc(CN4CCOCC4=O)n([C@H]4[C@@H]5C[C@H]4N(C(=O)O)C5)c32)c(F)c1Br. The lowest BCUT2D eigenvalue weighted by Crippen LogP contribution is -2.44. The van der Waals surface area contributed by atoms with Gasteiger partial charge in [-0.15, -0.1) is 0 Å². The molecule has 1 aliphatic carbocycles. The second-order valence-electron chi connectivity index (χ2n) is 12.3. The molecule has 0 radical (unpaired) electrons. The van der Waals surface area contributed by atoms with Crippen LogP contribution in [-0.2, 0) is 16.1 Å². The van der Waals surface area contributed by atoms with Gasteiger partial charge in [-0.3, -0.25) is 9.69 Å². The molecule has 10 nitrogen and oxygen atoms in total. The number of hydrogen-bond acceptors (Lipinski definition) is 6. The lowest BCUT2D eigenvalue weighted by atomic mass is 9.79. The molecule has 3 aromatic rings. The number of carbonyl (C=O) groups excluding carboxylic acids is 1. The number of carbonyl (C=O) groups is 2. The Bertz CT molecular complexity index is 1610. The van der Waals surface area contributed by atoms with E-state index in [1.54, 1.807) is 4.90 Å². The van der Waals surface area contributed by atoms with Gasteiger partial charge in [-0.25, -0.2) is 14.2 Å². The third kappa shape index (κ3) is 4.28. The Kier molecular flexibility index (Phi) is 6.86. The summed E-state index contributed by atoms with van der Waals surface area (Å²) in [5, 5.41) is 11.3. The standard InChI is InChI=1S/C30H35BrFN5O5/c1-15-9-19-26(25(32)24(15)31)33-29(42-16(2)21-5-4-6-34(21)3)20-11-18(13-35-7-8-41-14-23(35)38)37(28(19)20)27-17-10-22(27)36(12-17)30(39)40/h9,11,16-17,21-22,27H,4-8,10,12-14H2,1-3H3,(H,39,40)/t16-,17+,21-,22+,27-/m0/s1. The number of halogens is 2. The van der Waals surface area contributed by atoms with E-state index in [4.69, 9.17) is 14.5 Å². The summed E-state index contributed by atoms with van der Waals surface area (Å²) in [6.07, 6.45) is 1.77. The normalized spacial score (nSPS) is 26.8. The number of nitrogens with zero attached hydrogens (tertiary/aromatic N) is 5. The quantitative estimate of drug-likeness (QED) is 0.421. The topological polar surface area (TPSA) is 100 Å². The number of hydrogen-bond donors (Lipinski definition) is 1. The Balaban J connectivity index is 1.45. The number of rotatable bonds is 6. The maximum Gasteiger partial charge on any atom is 0.407 e. The first-order valence-corrected chi connectivity index (χ1v) is 15.5. The summed E-state index contributed by atoms with van der Waals surface area (Å²) in [5.41, 5.74) is 2.58. The molecular formula is C30H35BrFN5O5. The number of pyridine rings is 1. The van der Waals surface area contributed by atoms with Crippen molar-refractivity contribution in [3.63, 3.8) is 0 Å². The van der Waals surface area contributed by atoms with Crippen molar-refractivity contribution in [1.82, 2.24) is 24.3 Å². The lowest BCUT2D eigenvalue weighted by Gasteiger charge is -2.39. The molecule has 0 unspecified atom stereocenters. The minimum absolute atomic E-state index is 0.0331. The van der Waals surface area contributed by atoms with E-state index >= 15 is 4.39 Å². The first kappa shape index (κ1) is 27.8. The predicted molar refractivity (Wildman–Crippen MR) is 157 cm³/mol. The fraction of sp³-hybridized carbons (Fsp3) is 0.567. The molecule has 5 atom stereocenters. The van der Waals surface area contributed by atoms with Crippen molar-refractivity contribution in [2.24, 2.45) is 5.92 Å². The predicted octanol–water partition coefficient (Wildman–Crippen LogP) is 4.54. The van der Waals surface area contributed by atoms with Crippen LogP contribution in [-0.4, -0.2) is 99.4 Å². The molecule has 2 amide bonds. The van der Waals surface area contributed by atoms with Gasteiger partial charge in [-0.05, 0) is 80.3 Å². The van der Waals surface area contributed by atoms with Crippen LogP contribution in [0.25, 0.3) is 21.8 Å². The van der Waals surface area contributed by atoms with Crippen molar-refractivity contribution < 1.29 is 28.6 Å². The van der Waals surface area contributed by atoms with Crippen molar-refractivity contribution in [3.8, 4) is 5.88 Å². The molecular weight excluding hydrogens is 609 g/mol. The summed E-state index contributed by atoms with van der Waals surface area (Å²) >= 11 is 3.41. The van der Waals surface area contributed by atoms with Crippen LogP contribution in [0.15, 0.2) is 16.6 Å². The largest absolute Gasteiger partial charge is 0.472 e. The molecule has 8 rings (SSSR count). The van der Waals surface area contributed by atoms with E-state index in [-0.39, 0.29) is 48.2 Å². The number of likely N-dealkylation sites (N-methyl/N-ethyl adjacent to an activating group) is 1. The monoisotopic (exact) mass is 643 g/mol. The number of carboxylic acid groups (broad SMARTS) is 1. The highest BCUT2D eigenvalue weighted by Crippen LogP contribution is 2.52. The molecule has 42 heavy (non-hydrogen) atoms. The molecule has 2 aromatic heterocycles. The average molecular weight is 645 g/mol. The zero-order valence-electron chi connectivity index (χ0n) is 24.0. The Labute approximate surface area is 251 Å². The first-order valence-electron chi connectivity index (χ1n) is 14.7. The fourth-order valence-electron chi connectivity index (χ4n) is 7.65. The molecule has 0 spiro atoms. The van der Waals surface area contributed by atoms with Gasteiger partial charge in [0.05, 0.1) is 40.6 Å². The second kappa shape index (κ2) is 10.3. The molecule has 224 valence electrons. The number of aryl methyl sites for hydroxylation is 1. The van der Waals surface area contributed by atoms with Gasteiger partial charge < -0.3 is 28.9 Å². The van der Waals surface area contributed by atoms with E-state index in [2.05, 4.69) is 32.4 Å². The molecule has 5 fully saturated rings. The molecule has 1 N–H and O–H groups in total. The molecule has 6 heterocycles. The van der Waals surface area contributed by atoms with Crippen molar-refractivity contribution in [1.29, 1.82) is 0 Å². The molecule has 4 aliphatic heterocycles. The minimum Gasteiger partial charge on any atom is -0.472 e. The molecule has 12 heteroatoms. The van der Waals surface area contributed by atoms with Crippen LogP contribution < -0.4 is 4.74 Å². The van der Waals surface area contributed by atoms with Crippen LogP contribution in [0.5, 0.6) is 5.88 Å². The van der Waals surface area contributed by atoms with Gasteiger partial charge in [0.2, 0.25) is 11.8 Å². The van der Waals surface area contributed by atoms with Gasteiger partial charge in [-0.2, -0.15) is 0 Å². The molecule has 5 aliphatic rings. The maximum absolute atomic E-state index is 15.9. The third-order valence-electron chi connectivity index (χ3n) is 9.83. The number of amides is 2. The molecule has 1 aromatic carbocycles. The average Bonchev–Trinajstić information content (AvgIpc) is 3.73. The summed E-state index contributed by atoms with van der Waals surface area (Å²) in [7, 11) is 2.09. The van der Waals surface area contributed by atoms with Crippen LogP contribution in [0.1, 0.15) is 43.5 Å². The smallest absolute Gasteiger partial charge is 0.407 e. The summed E-state index contributed by atoms with van der Waals surface area (Å²) in [5.74, 6) is -0.0651. The highest BCUT2D eigenvalue weighted by atomic mass is 79.9. The van der Waals surface area contributed by atoms with Crippen LogP contribution in [0.4, 0.5) is 9.18 Å². The van der Waals surface area contributed by atoms with Crippen LogP contribution in [0.3, 0.4) is 0 Å². The van der Waals surface area contributed by atoms with Crippen LogP contribution >= 0.6 is 15.9 Å². The van der Waals surface area contributed by atoms with Gasteiger partial charge in [0.1, 0.15) is 18.2 Å². The second-order valence-corrected chi connectivity index (χ2v) is 13.1. The summed E-state index contributed by atoms with van der Waals surface area (Å²) in [6, 6.07) is 3.84. The first-order chi connectivity index (χ1) is 20.1. The maximum atomic E-state index is 15.9. The van der Waals surface area contributed by atoms with E-state index in [0.717, 1.165) is 48.0 Å². The Morgan fingerprint density at radius 2 is 2.12 bits per heavy atom. The minimum atomic E-state index is -0.928. The summed E-state index contributed by atoms with van der Waals surface area (Å²) < 4.78 is 30.4. The van der Waals surface area contributed by atoms with Gasteiger partial charge in [0, 0.05) is 36.1 Å². The number of likely N-dealkylation sites (tertiary alicyclic amines) is 1. The number of morpholine rings is 1. The van der Waals surface area contributed by atoms with E-state index in [1.165, 1.54) is 4.90 Å². The Morgan fingerprint density at radius 3 is 2.81 bits per heavy atom. The number of fused-ring (bicyclic) bond motifs is 4. The summed E-state index contributed by atoms with van der Waals surface area (Å²) in [4.78, 5) is 35.3. The number of benzene rings is 1. The zero-order chi connectivity index (χ0) is 29.4. The highest BCUT2D eigenvalue weighted by Gasteiger charge is 2.55. The van der Waals surface area contributed by atoms with Crippen LogP contribution in [0, 0.1) is 18.7 Å². The van der Waals surface area contributed by atoms with Crippen molar-refractivity contribution in [3.05, 3.63) is 33.7 Å². The Morgan fingerprint density at radius 1 is 1.31 bits per heavy atom. The van der Waals surface area contributed by atoms with E-state index in [0.29, 0.717) is 42.0 Å². The van der Waals surface area contributed by atoms with E-state index < -0.39 is 11.9 Å². The lowest BCUT2D eigenvalue weighted by molar-refractivity contribution is -0.143. The van der Waals surface area contributed by atoms with E-state index in [1.807, 2.05) is 26.0 Å². The number of ether oxygens (including phenoxy) is 2. The zero-order valence-corrected chi connectivity index (χ0v) is 25.6. The third-order valence-corrected chi connectivity index (χ3v) is 10.8. The van der Waals surface area contributed by atoms with Crippen molar-refractivity contribution in [2.75, 3.05) is 39.9 Å². The fourth-order valence-corrected chi connectivity index (χ4v) is 7.95.